The SMILES string of the molecule is Cc1cccc(OC(CN)c2ccc(Cl)s2)c1C. The highest BCUT2D eigenvalue weighted by Gasteiger charge is 2.15. The molecule has 0 bridgehead atoms. The molecule has 96 valence electrons. The van der Waals surface area contributed by atoms with E-state index in [1.807, 2.05) is 24.3 Å². The van der Waals surface area contributed by atoms with Gasteiger partial charge in [0.1, 0.15) is 11.9 Å². The Labute approximate surface area is 116 Å². The van der Waals surface area contributed by atoms with Gasteiger partial charge in [0.2, 0.25) is 0 Å². The summed E-state index contributed by atoms with van der Waals surface area (Å²) in [7, 11) is 0. The molecule has 2 N–H and O–H groups in total. The summed E-state index contributed by atoms with van der Waals surface area (Å²) in [5.41, 5.74) is 8.16. The summed E-state index contributed by atoms with van der Waals surface area (Å²) in [5.74, 6) is 0.884. The summed E-state index contributed by atoms with van der Waals surface area (Å²) in [6.45, 7) is 4.56. The third-order valence-electron chi connectivity index (χ3n) is 2.95. The Morgan fingerprint density at radius 3 is 2.67 bits per heavy atom. The predicted octanol–water partition coefficient (Wildman–Crippen LogP) is 4.10. The maximum atomic E-state index is 6.00. The van der Waals surface area contributed by atoms with Gasteiger partial charge in [0.25, 0.3) is 0 Å². The van der Waals surface area contributed by atoms with Crippen molar-refractivity contribution in [3.63, 3.8) is 0 Å². The predicted molar refractivity (Wildman–Crippen MR) is 77.7 cm³/mol. The van der Waals surface area contributed by atoms with Crippen LogP contribution in [0.4, 0.5) is 0 Å². The second-order valence-electron chi connectivity index (χ2n) is 4.18. The van der Waals surface area contributed by atoms with Gasteiger partial charge in [-0.25, -0.2) is 0 Å². The van der Waals surface area contributed by atoms with Gasteiger partial charge in [-0.2, -0.15) is 0 Å². The summed E-state index contributed by atoms with van der Waals surface area (Å²) in [6, 6.07) is 9.88. The maximum Gasteiger partial charge on any atom is 0.145 e. The Bertz CT molecular complexity index is 538. The molecule has 2 rings (SSSR count). The van der Waals surface area contributed by atoms with Crippen molar-refractivity contribution < 1.29 is 4.74 Å². The summed E-state index contributed by atoms with van der Waals surface area (Å²) in [5, 5.41) is 0. The number of rotatable bonds is 4. The fourth-order valence-corrected chi connectivity index (χ4v) is 2.83. The fraction of sp³-hybridized carbons (Fsp3) is 0.286. The van der Waals surface area contributed by atoms with E-state index < -0.39 is 0 Å². The number of thiophene rings is 1. The third-order valence-corrected chi connectivity index (χ3v) is 4.27. The van der Waals surface area contributed by atoms with Crippen molar-refractivity contribution >= 4 is 22.9 Å². The zero-order valence-electron chi connectivity index (χ0n) is 10.4. The van der Waals surface area contributed by atoms with Gasteiger partial charge in [0.05, 0.1) is 4.34 Å². The number of nitrogens with two attached hydrogens (primary N) is 1. The molecule has 2 aromatic rings. The van der Waals surface area contributed by atoms with Crippen LogP contribution >= 0.6 is 22.9 Å². The first kappa shape index (κ1) is 13.4. The normalized spacial score (nSPS) is 12.4. The number of benzene rings is 1. The van der Waals surface area contributed by atoms with E-state index in [4.69, 9.17) is 22.1 Å². The van der Waals surface area contributed by atoms with Crippen molar-refractivity contribution in [3.05, 3.63) is 50.7 Å². The Morgan fingerprint density at radius 2 is 2.06 bits per heavy atom. The van der Waals surface area contributed by atoms with Crippen LogP contribution in [0.5, 0.6) is 5.75 Å². The van der Waals surface area contributed by atoms with Gasteiger partial charge >= 0.3 is 0 Å². The van der Waals surface area contributed by atoms with E-state index in [9.17, 15) is 0 Å². The van der Waals surface area contributed by atoms with Crippen molar-refractivity contribution in [1.82, 2.24) is 0 Å². The molecule has 2 nitrogen and oxygen atoms in total. The summed E-state index contributed by atoms with van der Waals surface area (Å²) >= 11 is 7.45. The lowest BCUT2D eigenvalue weighted by atomic mass is 10.1. The van der Waals surface area contributed by atoms with Crippen molar-refractivity contribution in [2.45, 2.75) is 20.0 Å². The van der Waals surface area contributed by atoms with Gasteiger partial charge in [0, 0.05) is 11.4 Å². The van der Waals surface area contributed by atoms with Crippen molar-refractivity contribution in [1.29, 1.82) is 0 Å². The maximum absolute atomic E-state index is 6.00. The smallest absolute Gasteiger partial charge is 0.145 e. The number of aryl methyl sites for hydroxylation is 1. The van der Waals surface area contributed by atoms with Crippen LogP contribution in [-0.2, 0) is 0 Å². The lowest BCUT2D eigenvalue weighted by Gasteiger charge is -2.18. The van der Waals surface area contributed by atoms with E-state index in [0.717, 1.165) is 20.5 Å². The first-order chi connectivity index (χ1) is 8.61. The molecule has 0 aliphatic carbocycles. The van der Waals surface area contributed by atoms with Gasteiger partial charge in [0.15, 0.2) is 0 Å². The van der Waals surface area contributed by atoms with Gasteiger partial charge in [-0.15, -0.1) is 11.3 Å². The topological polar surface area (TPSA) is 35.2 Å². The Kier molecular flexibility index (Phi) is 4.27. The van der Waals surface area contributed by atoms with Gasteiger partial charge < -0.3 is 10.5 Å². The molecule has 0 aliphatic heterocycles. The lowest BCUT2D eigenvalue weighted by Crippen LogP contribution is -2.17. The standard InChI is InChI=1S/C14H16ClNOS/c1-9-4-3-5-11(10(9)2)17-12(8-16)13-6-7-14(15)18-13/h3-7,12H,8,16H2,1-2H3. The number of hydrogen-bond donors (Lipinski definition) is 1. The highest BCUT2D eigenvalue weighted by molar-refractivity contribution is 7.16. The molecular formula is C14H16ClNOS. The summed E-state index contributed by atoms with van der Waals surface area (Å²) < 4.78 is 6.76. The van der Waals surface area contributed by atoms with E-state index in [-0.39, 0.29) is 6.10 Å². The van der Waals surface area contributed by atoms with Crippen molar-refractivity contribution in [2.24, 2.45) is 5.73 Å². The largest absolute Gasteiger partial charge is 0.483 e. The Morgan fingerprint density at radius 1 is 1.28 bits per heavy atom. The first-order valence-electron chi connectivity index (χ1n) is 5.80. The molecule has 0 saturated heterocycles. The average molecular weight is 282 g/mol. The fourth-order valence-electron chi connectivity index (χ4n) is 1.73. The van der Waals surface area contributed by atoms with Crippen LogP contribution in [0.3, 0.4) is 0 Å². The Hall–Kier alpha value is -1.03. The molecule has 1 atom stereocenters. The zero-order valence-corrected chi connectivity index (χ0v) is 12.0. The second-order valence-corrected chi connectivity index (χ2v) is 5.93. The minimum absolute atomic E-state index is 0.136. The quantitative estimate of drug-likeness (QED) is 0.916. The molecule has 1 unspecified atom stereocenters. The molecule has 0 saturated carbocycles. The molecule has 0 spiro atoms. The number of hydrogen-bond acceptors (Lipinski definition) is 3. The van der Waals surface area contributed by atoms with E-state index in [1.54, 1.807) is 0 Å². The summed E-state index contributed by atoms with van der Waals surface area (Å²) in [6.07, 6.45) is -0.136. The molecule has 0 radical (unpaired) electrons. The van der Waals surface area contributed by atoms with E-state index >= 15 is 0 Å². The summed E-state index contributed by atoms with van der Waals surface area (Å²) in [4.78, 5) is 1.06. The molecule has 0 fully saturated rings. The number of halogens is 1. The van der Waals surface area contributed by atoms with Crippen LogP contribution in [0.25, 0.3) is 0 Å². The highest BCUT2D eigenvalue weighted by Crippen LogP contribution is 2.31. The molecule has 4 heteroatoms. The van der Waals surface area contributed by atoms with E-state index in [1.165, 1.54) is 16.9 Å². The monoisotopic (exact) mass is 281 g/mol. The van der Waals surface area contributed by atoms with Crippen LogP contribution in [0, 0.1) is 13.8 Å². The van der Waals surface area contributed by atoms with Gasteiger partial charge in [-0.05, 0) is 43.2 Å². The van der Waals surface area contributed by atoms with Crippen LogP contribution in [0.1, 0.15) is 22.1 Å². The van der Waals surface area contributed by atoms with Crippen LogP contribution in [0.2, 0.25) is 4.34 Å². The minimum atomic E-state index is -0.136. The van der Waals surface area contributed by atoms with Gasteiger partial charge in [-0.3, -0.25) is 0 Å². The third kappa shape index (κ3) is 2.86. The minimum Gasteiger partial charge on any atom is -0.483 e. The average Bonchev–Trinajstić information content (AvgIpc) is 2.78. The van der Waals surface area contributed by atoms with Crippen LogP contribution < -0.4 is 10.5 Å². The molecular weight excluding hydrogens is 266 g/mol. The Balaban J connectivity index is 2.23. The zero-order chi connectivity index (χ0) is 13.1. The van der Waals surface area contributed by atoms with Crippen LogP contribution in [0.15, 0.2) is 30.3 Å². The van der Waals surface area contributed by atoms with E-state index in [0.29, 0.717) is 6.54 Å². The number of ether oxygens (including phenoxy) is 1. The van der Waals surface area contributed by atoms with Crippen molar-refractivity contribution in [2.75, 3.05) is 6.54 Å². The molecule has 0 amide bonds. The first-order valence-corrected chi connectivity index (χ1v) is 6.99. The second kappa shape index (κ2) is 5.74. The molecule has 0 aliphatic rings. The molecule has 18 heavy (non-hydrogen) atoms. The molecule has 1 aromatic carbocycles. The van der Waals surface area contributed by atoms with E-state index in [2.05, 4.69) is 19.9 Å². The molecule has 1 aromatic heterocycles. The van der Waals surface area contributed by atoms with Gasteiger partial charge in [-0.1, -0.05) is 23.7 Å². The highest BCUT2D eigenvalue weighted by atomic mass is 35.5. The van der Waals surface area contributed by atoms with Crippen LogP contribution in [-0.4, -0.2) is 6.54 Å². The van der Waals surface area contributed by atoms with Crippen molar-refractivity contribution in [3.8, 4) is 5.75 Å². The molecule has 1 heterocycles. The lowest BCUT2D eigenvalue weighted by molar-refractivity contribution is 0.216.